The van der Waals surface area contributed by atoms with Gasteiger partial charge in [0.2, 0.25) is 70.9 Å². The molecule has 4 aliphatic carbocycles. The Morgan fingerprint density at radius 2 is 1.22 bits per heavy atom. The van der Waals surface area contributed by atoms with Gasteiger partial charge < -0.3 is 60.0 Å². The number of fused-ring (bicyclic) bond motifs is 1. The molecule has 4 saturated carbocycles. The molecule has 1 spiro atoms. The summed E-state index contributed by atoms with van der Waals surface area (Å²) in [6.07, 6.45) is 3.57. The van der Waals surface area contributed by atoms with E-state index in [4.69, 9.17) is 11.6 Å². The number of hydrogen-bond acceptors (Lipinski definition) is 12. The van der Waals surface area contributed by atoms with Gasteiger partial charge in [-0.15, -0.1) is 11.6 Å². The molecular formula is C70H114ClF3N12O12. The van der Waals surface area contributed by atoms with E-state index in [0.717, 1.165) is 53.2 Å². The SMILES string of the molecule is CC[C@H](C)[C@@H]1NC(=O)[C@H](CC(C)C)N(C)C(=O)C[C@@H](C(=O)N(C)C)N(C)C(=O)[C@H](C2CCCC2)N(C)C(=O)C2(CCCC2)NC(=O)[C@@H]2CCCN2C(=O)[C@H](CCC2CCC(C(F)(F)F)C(Cl)C2)NC(=O)CN(C)C(=O)[C@H](CC2CCC(C)CC2)N(C)C(=O)CN(C)C(=O)CN(C)C1=O. The Hall–Kier alpha value is -6.28. The van der Waals surface area contributed by atoms with Crippen LogP contribution in [-0.4, -0.2) is 264 Å². The zero-order chi connectivity index (χ0) is 73.0. The second-order valence-corrected chi connectivity index (χ2v) is 30.9. The van der Waals surface area contributed by atoms with Crippen molar-refractivity contribution in [3.63, 3.8) is 0 Å². The molecular weight excluding hydrogens is 1290 g/mol. The van der Waals surface area contributed by atoms with E-state index < -0.39 is 174 Å². The molecule has 6 aliphatic rings. The molecule has 12 amide bonds. The highest BCUT2D eigenvalue weighted by Gasteiger charge is 2.52. The van der Waals surface area contributed by atoms with Crippen LogP contribution in [0.5, 0.6) is 0 Å². The largest absolute Gasteiger partial charge is 0.393 e. The molecule has 24 nitrogen and oxygen atoms in total. The van der Waals surface area contributed by atoms with E-state index in [-0.39, 0.29) is 88.5 Å². The van der Waals surface area contributed by atoms with Crippen molar-refractivity contribution in [1.82, 2.24) is 60.0 Å². The number of halogens is 4. The second kappa shape index (κ2) is 35.4. The quantitative estimate of drug-likeness (QED) is 0.219. The van der Waals surface area contributed by atoms with Gasteiger partial charge in [-0.05, 0) is 119 Å². The maximum absolute atomic E-state index is 15.5. The van der Waals surface area contributed by atoms with Gasteiger partial charge in [0.15, 0.2) is 0 Å². The number of hydrogen-bond donors (Lipinski definition) is 3. The first-order chi connectivity index (χ1) is 45.9. The number of nitrogens with zero attached hydrogens (tertiary/aromatic N) is 9. The number of rotatable bonds is 11. The fourth-order valence-electron chi connectivity index (χ4n) is 15.8. The number of carbonyl (C=O) groups is 12. The van der Waals surface area contributed by atoms with Crippen molar-refractivity contribution in [3.8, 4) is 0 Å². The van der Waals surface area contributed by atoms with Crippen LogP contribution in [0.15, 0.2) is 0 Å². The van der Waals surface area contributed by atoms with Crippen molar-refractivity contribution in [1.29, 1.82) is 0 Å². The topological polar surface area (TPSA) is 270 Å². The van der Waals surface area contributed by atoms with E-state index in [0.29, 0.717) is 44.4 Å². The summed E-state index contributed by atoms with van der Waals surface area (Å²) in [6.45, 7) is 7.89. The van der Waals surface area contributed by atoms with Crippen LogP contribution in [-0.2, 0) is 57.5 Å². The van der Waals surface area contributed by atoms with Crippen LogP contribution in [0, 0.1) is 41.4 Å². The van der Waals surface area contributed by atoms with Gasteiger partial charge in [-0.25, -0.2) is 0 Å². The third-order valence-electron chi connectivity index (χ3n) is 22.4. The molecule has 0 radical (unpaired) electrons. The summed E-state index contributed by atoms with van der Waals surface area (Å²) in [5.74, 6) is -10.4. The summed E-state index contributed by atoms with van der Waals surface area (Å²) in [5, 5.41) is 7.56. The lowest BCUT2D eigenvalue weighted by Gasteiger charge is -2.42. The van der Waals surface area contributed by atoms with Crippen molar-refractivity contribution < 1.29 is 70.7 Å². The molecule has 28 heteroatoms. The van der Waals surface area contributed by atoms with Crippen molar-refractivity contribution in [2.75, 3.05) is 89.6 Å². The molecule has 554 valence electrons. The Morgan fingerprint density at radius 1 is 0.633 bits per heavy atom. The number of nitrogens with one attached hydrogen (secondary N) is 3. The molecule has 2 aliphatic heterocycles. The molecule has 98 heavy (non-hydrogen) atoms. The Balaban J connectivity index is 1.41. The van der Waals surface area contributed by atoms with Gasteiger partial charge in [0, 0.05) is 75.4 Å². The molecule has 0 aromatic rings. The first-order valence-electron chi connectivity index (χ1n) is 35.9. The van der Waals surface area contributed by atoms with Crippen molar-refractivity contribution in [3.05, 3.63) is 0 Å². The predicted octanol–water partition coefficient (Wildman–Crippen LogP) is 5.42. The van der Waals surface area contributed by atoms with Crippen LogP contribution in [0.3, 0.4) is 0 Å². The van der Waals surface area contributed by atoms with Crippen LogP contribution in [0.1, 0.15) is 182 Å². The third kappa shape index (κ3) is 20.3. The van der Waals surface area contributed by atoms with E-state index in [2.05, 4.69) is 22.9 Å². The summed E-state index contributed by atoms with van der Waals surface area (Å²) in [4.78, 5) is 189. The summed E-state index contributed by atoms with van der Waals surface area (Å²) in [6, 6.07) is -8.59. The zero-order valence-electron chi connectivity index (χ0n) is 60.7. The highest BCUT2D eigenvalue weighted by Crippen LogP contribution is 2.44. The summed E-state index contributed by atoms with van der Waals surface area (Å²) >= 11 is 6.40. The molecule has 6 fully saturated rings. The van der Waals surface area contributed by atoms with Gasteiger partial charge in [0.05, 0.1) is 32.0 Å². The zero-order valence-corrected chi connectivity index (χ0v) is 61.4. The molecule has 0 aromatic carbocycles. The minimum absolute atomic E-state index is 0.000466. The third-order valence-corrected chi connectivity index (χ3v) is 22.9. The Labute approximate surface area is 583 Å². The average Bonchev–Trinajstić information content (AvgIpc) is 1.52. The van der Waals surface area contributed by atoms with E-state index in [1.54, 1.807) is 6.92 Å². The van der Waals surface area contributed by atoms with Crippen LogP contribution in [0.25, 0.3) is 0 Å². The summed E-state index contributed by atoms with van der Waals surface area (Å²) in [5.41, 5.74) is -1.55. The van der Waals surface area contributed by atoms with Crippen molar-refractivity contribution in [2.24, 2.45) is 41.4 Å². The van der Waals surface area contributed by atoms with Gasteiger partial charge in [-0.1, -0.05) is 92.4 Å². The lowest BCUT2D eigenvalue weighted by atomic mass is 9.78. The van der Waals surface area contributed by atoms with E-state index >= 15 is 19.2 Å². The normalized spacial score (nSPS) is 30.7. The predicted molar refractivity (Wildman–Crippen MR) is 363 cm³/mol. The second-order valence-electron chi connectivity index (χ2n) is 30.4. The lowest BCUT2D eigenvalue weighted by Crippen LogP contribution is -2.65. The molecule has 2 saturated heterocycles. The van der Waals surface area contributed by atoms with E-state index in [1.165, 1.54) is 92.8 Å². The van der Waals surface area contributed by atoms with Crippen molar-refractivity contribution >= 4 is 82.5 Å². The van der Waals surface area contributed by atoms with Gasteiger partial charge in [-0.2, -0.15) is 13.2 Å². The van der Waals surface area contributed by atoms with E-state index in [9.17, 15) is 51.5 Å². The summed E-state index contributed by atoms with van der Waals surface area (Å²) in [7, 11) is 12.9. The molecule has 6 rings (SSSR count). The van der Waals surface area contributed by atoms with Crippen molar-refractivity contribution in [2.45, 2.75) is 242 Å². The molecule has 3 unspecified atom stereocenters. The fraction of sp³-hybridized carbons (Fsp3) is 0.829. The van der Waals surface area contributed by atoms with Crippen LogP contribution < -0.4 is 16.0 Å². The number of likely N-dealkylation sites (N-methyl/N-ethyl adjacent to an activating group) is 8. The van der Waals surface area contributed by atoms with Crippen LogP contribution >= 0.6 is 11.6 Å². The highest BCUT2D eigenvalue weighted by molar-refractivity contribution is 6.21. The Morgan fingerprint density at radius 3 is 1.81 bits per heavy atom. The smallest absolute Gasteiger partial charge is 0.347 e. The average molecular weight is 1410 g/mol. The highest BCUT2D eigenvalue weighted by atomic mass is 35.5. The molecule has 0 aromatic heterocycles. The van der Waals surface area contributed by atoms with Gasteiger partial charge in [-0.3, -0.25) is 57.5 Å². The van der Waals surface area contributed by atoms with Gasteiger partial charge in [0.25, 0.3) is 0 Å². The number of carbonyl (C=O) groups excluding carboxylic acids is 12. The first kappa shape index (κ1) is 80.7. The Kier molecular flexibility index (Phi) is 29.1. The number of alkyl halides is 4. The maximum Gasteiger partial charge on any atom is 0.393 e. The minimum atomic E-state index is -4.51. The monoisotopic (exact) mass is 1410 g/mol. The fourth-order valence-corrected chi connectivity index (χ4v) is 16.3. The lowest BCUT2D eigenvalue weighted by molar-refractivity contribution is -0.182. The van der Waals surface area contributed by atoms with Crippen LogP contribution in [0.4, 0.5) is 13.2 Å². The molecule has 3 N–H and O–H groups in total. The Bertz CT molecular complexity index is 2850. The standard InChI is InChI=1S/C70H114ClF3N12O12/c1-15-44(5)59-66(96)81(10)40-57(89)79(8)41-58(90)83(12)53(37-46-26-24-43(4)25-27-46)65(95)80(9)39-55(87)75-50(31-29-45-28-30-48(49(71)36-45)70(72,73)74)63(93)86-34-20-23-51(86)62(92)77-69(32-18-19-33-69)68(98)85(14)60(47-21-16-17-22-47)67(97)84(13)54(64(94)78(6)7)38-56(88)82(11)52(35-42(2)3)61(91)76-59/h42-54,59-60H,15-41H2,1-14H3,(H,75,87)(H,76,91)(H,77,92)/t43?,44-,45?,46?,48?,49?,50-,51-,52-,53-,54-,59-,60-/m0/s1. The van der Waals surface area contributed by atoms with Crippen LogP contribution in [0.2, 0.25) is 0 Å². The number of amides is 12. The van der Waals surface area contributed by atoms with Gasteiger partial charge in [0.1, 0.15) is 47.8 Å². The first-order valence-corrected chi connectivity index (χ1v) is 36.3. The summed E-state index contributed by atoms with van der Waals surface area (Å²) < 4.78 is 42.0. The van der Waals surface area contributed by atoms with Gasteiger partial charge >= 0.3 is 6.18 Å². The maximum atomic E-state index is 15.5. The molecule has 11 atom stereocenters. The van der Waals surface area contributed by atoms with E-state index in [1.807, 2.05) is 20.8 Å². The molecule has 0 bridgehead atoms. The minimum Gasteiger partial charge on any atom is -0.347 e. The molecule has 2 heterocycles.